The maximum Gasteiger partial charge on any atom is 0.344 e. The van der Waals surface area contributed by atoms with Crippen molar-refractivity contribution in [2.24, 2.45) is 0 Å². The van der Waals surface area contributed by atoms with E-state index in [-0.39, 0.29) is 11.3 Å². The summed E-state index contributed by atoms with van der Waals surface area (Å²) in [5.74, 6) is -1.53. The molecule has 0 saturated heterocycles. The van der Waals surface area contributed by atoms with Gasteiger partial charge in [0.2, 0.25) is 0 Å². The van der Waals surface area contributed by atoms with Crippen LogP contribution in [0.1, 0.15) is 26.3 Å². The molecule has 0 aliphatic heterocycles. The van der Waals surface area contributed by atoms with Gasteiger partial charge in [-0.15, -0.1) is 0 Å². The van der Waals surface area contributed by atoms with Crippen LogP contribution in [-0.2, 0) is 9.53 Å². The third kappa shape index (κ3) is 5.59. The average molecular weight is 392 g/mol. The Morgan fingerprint density at radius 2 is 1.38 bits per heavy atom. The number of hydrogen-bond donors (Lipinski definition) is 0. The molecule has 0 spiro atoms. The van der Waals surface area contributed by atoms with Gasteiger partial charge in [0.25, 0.3) is 0 Å². The van der Waals surface area contributed by atoms with Gasteiger partial charge < -0.3 is 9.47 Å². The molecule has 5 nitrogen and oxygen atoms in total. The van der Waals surface area contributed by atoms with E-state index in [1.54, 1.807) is 48.5 Å². The lowest BCUT2D eigenvalue weighted by Crippen LogP contribution is -2.19. The molecular weight excluding hydrogens is 375 g/mol. The quantitative estimate of drug-likeness (QED) is 0.430. The van der Waals surface area contributed by atoms with Crippen molar-refractivity contribution in [2.75, 3.05) is 13.2 Å². The molecule has 0 aliphatic carbocycles. The lowest BCUT2D eigenvalue weighted by atomic mass is 10.0. The number of halogens is 1. The largest absolute Gasteiger partial charge is 0.482 e. The smallest absolute Gasteiger partial charge is 0.344 e. The van der Waals surface area contributed by atoms with Crippen molar-refractivity contribution in [1.29, 1.82) is 0 Å². The first-order valence-corrected chi connectivity index (χ1v) is 8.80. The fraction of sp³-hybridized carbons (Fsp3) is 0.0870. The van der Waals surface area contributed by atoms with Gasteiger partial charge in [-0.05, 0) is 36.4 Å². The van der Waals surface area contributed by atoms with E-state index in [1.165, 1.54) is 18.2 Å². The zero-order valence-electron chi connectivity index (χ0n) is 15.3. The number of esters is 1. The first-order valence-electron chi connectivity index (χ1n) is 8.80. The fourth-order valence-corrected chi connectivity index (χ4v) is 2.53. The maximum absolute atomic E-state index is 13.1. The zero-order chi connectivity index (χ0) is 20.6. The van der Waals surface area contributed by atoms with Crippen molar-refractivity contribution in [3.63, 3.8) is 0 Å². The lowest BCUT2D eigenvalue weighted by Gasteiger charge is -2.08. The van der Waals surface area contributed by atoms with Gasteiger partial charge in [-0.1, -0.05) is 42.5 Å². The predicted molar refractivity (Wildman–Crippen MR) is 104 cm³/mol. The normalized spacial score (nSPS) is 10.2. The van der Waals surface area contributed by atoms with Gasteiger partial charge in [-0.25, -0.2) is 9.18 Å². The lowest BCUT2D eigenvalue weighted by molar-refractivity contribution is -0.144. The summed E-state index contributed by atoms with van der Waals surface area (Å²) in [6, 6.07) is 20.3. The third-order valence-electron chi connectivity index (χ3n) is 4.02. The Kier molecular flexibility index (Phi) is 6.47. The number of rotatable bonds is 8. The van der Waals surface area contributed by atoms with Crippen LogP contribution in [0.25, 0.3) is 0 Å². The number of Topliss-reactive ketones (excluding diaryl/α,β-unsaturated/α-hetero) is 1. The standard InChI is InChI=1S/C23H17FO5/c24-19-8-4-7-18(13-19)21(25)14-29-22(26)15-28-20-11-9-17(10-12-20)23(27)16-5-2-1-3-6-16/h1-13H,14-15H2. The van der Waals surface area contributed by atoms with E-state index in [1.807, 2.05) is 6.07 Å². The number of ether oxygens (including phenoxy) is 2. The molecule has 3 rings (SSSR count). The first-order chi connectivity index (χ1) is 14.0. The molecule has 3 aromatic rings. The summed E-state index contributed by atoms with van der Waals surface area (Å²) < 4.78 is 23.3. The summed E-state index contributed by atoms with van der Waals surface area (Å²) in [5.41, 5.74) is 1.19. The Labute approximate surface area is 166 Å². The second kappa shape index (κ2) is 9.41. The van der Waals surface area contributed by atoms with Crippen molar-refractivity contribution in [1.82, 2.24) is 0 Å². The van der Waals surface area contributed by atoms with E-state index >= 15 is 0 Å². The molecule has 0 aromatic heterocycles. The summed E-state index contributed by atoms with van der Waals surface area (Å²) in [7, 11) is 0. The monoisotopic (exact) mass is 392 g/mol. The highest BCUT2D eigenvalue weighted by molar-refractivity contribution is 6.09. The van der Waals surface area contributed by atoms with Gasteiger partial charge in [-0.2, -0.15) is 0 Å². The fourth-order valence-electron chi connectivity index (χ4n) is 2.53. The first kappa shape index (κ1) is 19.9. The minimum atomic E-state index is -0.737. The van der Waals surface area contributed by atoms with Crippen LogP contribution < -0.4 is 4.74 Å². The Bertz CT molecular complexity index is 1010. The van der Waals surface area contributed by atoms with Crippen molar-refractivity contribution < 1.29 is 28.2 Å². The molecule has 29 heavy (non-hydrogen) atoms. The molecule has 3 aromatic carbocycles. The van der Waals surface area contributed by atoms with E-state index in [9.17, 15) is 18.8 Å². The number of benzene rings is 3. The van der Waals surface area contributed by atoms with Gasteiger partial charge in [-0.3, -0.25) is 9.59 Å². The van der Waals surface area contributed by atoms with Crippen molar-refractivity contribution in [3.8, 4) is 5.75 Å². The SMILES string of the molecule is O=C(COc1ccc(C(=O)c2ccccc2)cc1)OCC(=O)c1cccc(F)c1. The van der Waals surface area contributed by atoms with Crippen LogP contribution in [0.5, 0.6) is 5.75 Å². The van der Waals surface area contributed by atoms with Gasteiger partial charge in [0.05, 0.1) is 0 Å². The number of hydrogen-bond acceptors (Lipinski definition) is 5. The van der Waals surface area contributed by atoms with Crippen molar-refractivity contribution in [2.45, 2.75) is 0 Å². The second-order valence-corrected chi connectivity index (χ2v) is 6.10. The van der Waals surface area contributed by atoms with Gasteiger partial charge >= 0.3 is 5.97 Å². The Balaban J connectivity index is 1.48. The molecule has 0 radical (unpaired) electrons. The molecule has 0 bridgehead atoms. The molecular formula is C23H17FO5. The Hall–Kier alpha value is -3.80. The van der Waals surface area contributed by atoms with Gasteiger partial charge in [0.1, 0.15) is 11.6 Å². The second-order valence-electron chi connectivity index (χ2n) is 6.10. The molecule has 0 atom stereocenters. The summed E-state index contributed by atoms with van der Waals surface area (Å²) in [4.78, 5) is 36.0. The third-order valence-corrected chi connectivity index (χ3v) is 4.02. The molecule has 0 amide bonds. The van der Waals surface area contributed by atoms with Crippen LogP contribution in [0.15, 0.2) is 78.9 Å². The number of ketones is 2. The van der Waals surface area contributed by atoms with Crippen LogP contribution in [0, 0.1) is 5.82 Å². The highest BCUT2D eigenvalue weighted by Crippen LogP contribution is 2.15. The molecule has 0 N–H and O–H groups in total. The average Bonchev–Trinajstić information content (AvgIpc) is 2.76. The molecule has 146 valence electrons. The van der Waals surface area contributed by atoms with Gasteiger partial charge in [0.15, 0.2) is 24.8 Å². The minimum absolute atomic E-state index is 0.118. The van der Waals surface area contributed by atoms with Gasteiger partial charge in [0, 0.05) is 16.7 Å². The van der Waals surface area contributed by atoms with E-state index in [0.29, 0.717) is 16.9 Å². The molecule has 6 heteroatoms. The summed E-state index contributed by atoms with van der Waals surface area (Å²) in [6.07, 6.45) is 0. The highest BCUT2D eigenvalue weighted by Gasteiger charge is 2.12. The topological polar surface area (TPSA) is 69.7 Å². The molecule has 0 heterocycles. The van der Waals surface area contributed by atoms with E-state index in [2.05, 4.69) is 0 Å². The van der Waals surface area contributed by atoms with E-state index in [0.717, 1.165) is 6.07 Å². The summed E-state index contributed by atoms with van der Waals surface area (Å²) in [5, 5.41) is 0. The van der Waals surface area contributed by atoms with Crippen LogP contribution in [0.3, 0.4) is 0 Å². The van der Waals surface area contributed by atoms with Crippen LogP contribution in [-0.4, -0.2) is 30.7 Å². The van der Waals surface area contributed by atoms with Crippen LogP contribution in [0.4, 0.5) is 4.39 Å². The van der Waals surface area contributed by atoms with Crippen LogP contribution >= 0.6 is 0 Å². The highest BCUT2D eigenvalue weighted by atomic mass is 19.1. The molecule has 0 unspecified atom stereocenters. The Morgan fingerprint density at radius 3 is 2.07 bits per heavy atom. The number of carbonyl (C=O) groups excluding carboxylic acids is 3. The predicted octanol–water partition coefficient (Wildman–Crippen LogP) is 3.86. The van der Waals surface area contributed by atoms with E-state index < -0.39 is 30.8 Å². The summed E-state index contributed by atoms with van der Waals surface area (Å²) >= 11 is 0. The van der Waals surface area contributed by atoms with E-state index in [4.69, 9.17) is 9.47 Å². The number of carbonyl (C=O) groups is 3. The maximum atomic E-state index is 13.1. The zero-order valence-corrected chi connectivity index (χ0v) is 15.3. The molecule has 0 saturated carbocycles. The molecule has 0 fully saturated rings. The van der Waals surface area contributed by atoms with Crippen molar-refractivity contribution in [3.05, 3.63) is 101 Å². The van der Waals surface area contributed by atoms with Crippen LogP contribution in [0.2, 0.25) is 0 Å². The van der Waals surface area contributed by atoms with Crippen molar-refractivity contribution >= 4 is 17.5 Å². The Morgan fingerprint density at radius 1 is 0.724 bits per heavy atom. The minimum Gasteiger partial charge on any atom is -0.482 e. The summed E-state index contributed by atoms with van der Waals surface area (Å²) in [6.45, 7) is -0.904. The molecule has 0 aliphatic rings.